The van der Waals surface area contributed by atoms with Gasteiger partial charge in [0.2, 0.25) is 0 Å². The number of hydrogen-bond acceptors (Lipinski definition) is 4. The van der Waals surface area contributed by atoms with Crippen molar-refractivity contribution in [2.45, 2.75) is 0 Å². The smallest absolute Gasteiger partial charge is 0.259 e. The van der Waals surface area contributed by atoms with Gasteiger partial charge in [-0.1, -0.05) is 37.9 Å². The van der Waals surface area contributed by atoms with Crippen LogP contribution in [0.25, 0.3) is 0 Å². The standard InChI is InChI=1S/C17H15Br2N3O3/c1-25-15-6-5-14(19)8-12(15)9-21-22-16(23)10-20-17(24)11-3-2-4-13(18)7-11/h2-9H,10H2,1H3,(H,20,24)(H,22,23)/b21-9-. The van der Waals surface area contributed by atoms with Crippen LogP contribution < -0.4 is 15.5 Å². The van der Waals surface area contributed by atoms with Gasteiger partial charge in [0.15, 0.2) is 0 Å². The molecule has 0 saturated heterocycles. The molecule has 2 rings (SSSR count). The number of ether oxygens (including phenoxy) is 1. The number of carbonyl (C=O) groups is 2. The molecule has 0 bridgehead atoms. The third-order valence-corrected chi connectivity index (χ3v) is 4.07. The summed E-state index contributed by atoms with van der Waals surface area (Å²) < 4.78 is 6.86. The van der Waals surface area contributed by atoms with E-state index in [0.29, 0.717) is 16.9 Å². The van der Waals surface area contributed by atoms with Crippen molar-refractivity contribution < 1.29 is 14.3 Å². The van der Waals surface area contributed by atoms with E-state index in [1.54, 1.807) is 31.4 Å². The molecule has 0 fully saturated rings. The van der Waals surface area contributed by atoms with Crippen LogP contribution in [0, 0.1) is 0 Å². The zero-order chi connectivity index (χ0) is 18.2. The van der Waals surface area contributed by atoms with Gasteiger partial charge in [-0.3, -0.25) is 9.59 Å². The molecule has 0 aromatic heterocycles. The molecule has 2 aromatic carbocycles. The van der Waals surface area contributed by atoms with Crippen LogP contribution in [0.5, 0.6) is 5.75 Å². The fourth-order valence-corrected chi connectivity index (χ4v) is 2.69. The van der Waals surface area contributed by atoms with Crippen molar-refractivity contribution in [3.63, 3.8) is 0 Å². The lowest BCUT2D eigenvalue weighted by atomic mass is 10.2. The molecule has 130 valence electrons. The zero-order valence-electron chi connectivity index (χ0n) is 13.3. The summed E-state index contributed by atoms with van der Waals surface area (Å²) in [4.78, 5) is 23.7. The summed E-state index contributed by atoms with van der Waals surface area (Å²) in [7, 11) is 1.55. The molecule has 0 radical (unpaired) electrons. The highest BCUT2D eigenvalue weighted by molar-refractivity contribution is 9.10. The Balaban J connectivity index is 1.86. The van der Waals surface area contributed by atoms with Crippen molar-refractivity contribution in [1.82, 2.24) is 10.7 Å². The van der Waals surface area contributed by atoms with Crippen LogP contribution in [-0.2, 0) is 4.79 Å². The predicted molar refractivity (Wildman–Crippen MR) is 103 cm³/mol. The quantitative estimate of drug-likeness (QED) is 0.505. The Hall–Kier alpha value is -2.19. The molecule has 0 spiro atoms. The number of hydrazone groups is 1. The highest BCUT2D eigenvalue weighted by Gasteiger charge is 2.08. The second-order valence-corrected chi connectivity index (χ2v) is 6.70. The molecule has 2 aromatic rings. The van der Waals surface area contributed by atoms with Crippen LogP contribution in [0.3, 0.4) is 0 Å². The highest BCUT2D eigenvalue weighted by Crippen LogP contribution is 2.21. The van der Waals surface area contributed by atoms with Gasteiger partial charge in [-0.25, -0.2) is 5.43 Å². The molecule has 0 unspecified atom stereocenters. The van der Waals surface area contributed by atoms with E-state index in [4.69, 9.17) is 4.74 Å². The van der Waals surface area contributed by atoms with E-state index in [1.807, 2.05) is 18.2 Å². The molecule has 2 amide bonds. The van der Waals surface area contributed by atoms with Crippen LogP contribution >= 0.6 is 31.9 Å². The van der Waals surface area contributed by atoms with Gasteiger partial charge in [-0.15, -0.1) is 0 Å². The Morgan fingerprint density at radius 2 is 1.92 bits per heavy atom. The summed E-state index contributed by atoms with van der Waals surface area (Å²) in [5.74, 6) is -0.146. The van der Waals surface area contributed by atoms with Crippen LogP contribution in [0.15, 0.2) is 56.5 Å². The number of hydrogen-bond donors (Lipinski definition) is 2. The lowest BCUT2D eigenvalue weighted by Crippen LogP contribution is -2.34. The van der Waals surface area contributed by atoms with Crippen molar-refractivity contribution >= 4 is 49.9 Å². The average Bonchev–Trinajstić information content (AvgIpc) is 2.60. The maximum absolute atomic E-state index is 11.9. The van der Waals surface area contributed by atoms with Crippen molar-refractivity contribution in [2.24, 2.45) is 5.10 Å². The van der Waals surface area contributed by atoms with Crippen molar-refractivity contribution in [3.05, 3.63) is 62.5 Å². The minimum Gasteiger partial charge on any atom is -0.496 e. The van der Waals surface area contributed by atoms with Gasteiger partial charge in [0.1, 0.15) is 5.75 Å². The first-order valence-corrected chi connectivity index (χ1v) is 8.77. The summed E-state index contributed by atoms with van der Waals surface area (Å²) >= 11 is 6.65. The van der Waals surface area contributed by atoms with E-state index in [2.05, 4.69) is 47.7 Å². The van der Waals surface area contributed by atoms with Crippen molar-refractivity contribution in [3.8, 4) is 5.75 Å². The molecule has 8 heteroatoms. The number of amides is 2. The molecule has 6 nitrogen and oxygen atoms in total. The Labute approximate surface area is 161 Å². The van der Waals surface area contributed by atoms with E-state index in [0.717, 1.165) is 8.95 Å². The number of halogens is 2. The first-order valence-electron chi connectivity index (χ1n) is 7.19. The summed E-state index contributed by atoms with van der Waals surface area (Å²) in [5.41, 5.74) is 3.52. The lowest BCUT2D eigenvalue weighted by Gasteiger charge is -2.06. The molecule has 0 aliphatic carbocycles. The number of methoxy groups -OCH3 is 1. The lowest BCUT2D eigenvalue weighted by molar-refractivity contribution is -0.120. The second-order valence-electron chi connectivity index (χ2n) is 4.87. The monoisotopic (exact) mass is 467 g/mol. The van der Waals surface area contributed by atoms with E-state index in [-0.39, 0.29) is 12.5 Å². The van der Waals surface area contributed by atoms with Crippen LogP contribution in [-0.4, -0.2) is 31.7 Å². The number of benzene rings is 2. The fraction of sp³-hybridized carbons (Fsp3) is 0.118. The highest BCUT2D eigenvalue weighted by atomic mass is 79.9. The summed E-state index contributed by atoms with van der Waals surface area (Å²) in [6.45, 7) is -0.182. The van der Waals surface area contributed by atoms with Gasteiger partial charge in [-0.2, -0.15) is 5.10 Å². The Morgan fingerprint density at radius 3 is 2.64 bits per heavy atom. The van der Waals surface area contributed by atoms with Gasteiger partial charge in [-0.05, 0) is 36.4 Å². The topological polar surface area (TPSA) is 79.8 Å². The number of nitrogens with one attached hydrogen (secondary N) is 2. The third-order valence-electron chi connectivity index (χ3n) is 3.08. The Morgan fingerprint density at radius 1 is 1.16 bits per heavy atom. The molecule has 0 aliphatic heterocycles. The first-order chi connectivity index (χ1) is 12.0. The molecule has 0 atom stereocenters. The van der Waals surface area contributed by atoms with Gasteiger partial charge in [0, 0.05) is 20.1 Å². The van der Waals surface area contributed by atoms with Crippen molar-refractivity contribution in [1.29, 1.82) is 0 Å². The zero-order valence-corrected chi connectivity index (χ0v) is 16.4. The molecule has 2 N–H and O–H groups in total. The van der Waals surface area contributed by atoms with E-state index >= 15 is 0 Å². The maximum Gasteiger partial charge on any atom is 0.259 e. The molecule has 0 heterocycles. The van der Waals surface area contributed by atoms with Crippen LogP contribution in [0.4, 0.5) is 0 Å². The minimum absolute atomic E-state index is 0.182. The summed E-state index contributed by atoms with van der Waals surface area (Å²) in [5, 5.41) is 6.40. The van der Waals surface area contributed by atoms with Crippen LogP contribution in [0.1, 0.15) is 15.9 Å². The normalized spacial score (nSPS) is 10.5. The van der Waals surface area contributed by atoms with E-state index < -0.39 is 5.91 Å². The Bertz CT molecular complexity index is 809. The van der Waals surface area contributed by atoms with Gasteiger partial charge in [0.25, 0.3) is 11.8 Å². The van der Waals surface area contributed by atoms with Crippen molar-refractivity contribution in [2.75, 3.05) is 13.7 Å². The number of nitrogens with zero attached hydrogens (tertiary/aromatic N) is 1. The summed E-state index contributed by atoms with van der Waals surface area (Å²) in [6, 6.07) is 12.3. The Kier molecular flexibility index (Phi) is 7.15. The maximum atomic E-state index is 11.9. The predicted octanol–water partition coefficient (Wildman–Crippen LogP) is 3.10. The van der Waals surface area contributed by atoms with E-state index in [9.17, 15) is 9.59 Å². The molecular formula is C17H15Br2N3O3. The molecule has 0 saturated carbocycles. The third kappa shape index (κ3) is 5.99. The second kappa shape index (κ2) is 9.33. The van der Waals surface area contributed by atoms with Gasteiger partial charge < -0.3 is 10.1 Å². The van der Waals surface area contributed by atoms with E-state index in [1.165, 1.54) is 6.21 Å². The minimum atomic E-state index is -0.437. The average molecular weight is 469 g/mol. The SMILES string of the molecule is COc1ccc(Br)cc1/C=N\NC(=O)CNC(=O)c1cccc(Br)c1. The van der Waals surface area contributed by atoms with Gasteiger partial charge in [0.05, 0.1) is 19.9 Å². The van der Waals surface area contributed by atoms with Crippen LogP contribution in [0.2, 0.25) is 0 Å². The molecule has 25 heavy (non-hydrogen) atoms. The number of carbonyl (C=O) groups excluding carboxylic acids is 2. The molecule has 0 aliphatic rings. The number of rotatable bonds is 6. The van der Waals surface area contributed by atoms with Gasteiger partial charge >= 0.3 is 0 Å². The summed E-state index contributed by atoms with van der Waals surface area (Å²) in [6.07, 6.45) is 1.47. The fourth-order valence-electron chi connectivity index (χ4n) is 1.91. The largest absolute Gasteiger partial charge is 0.496 e. The first kappa shape index (κ1) is 19.1. The molecular weight excluding hydrogens is 454 g/mol.